The van der Waals surface area contributed by atoms with Gasteiger partial charge in [-0.05, 0) is 42.9 Å². The van der Waals surface area contributed by atoms with Gasteiger partial charge in [-0.1, -0.05) is 30.3 Å². The highest BCUT2D eigenvalue weighted by Crippen LogP contribution is 2.22. The van der Waals surface area contributed by atoms with E-state index in [1.54, 1.807) is 0 Å². The number of furan rings is 1. The van der Waals surface area contributed by atoms with Crippen molar-refractivity contribution in [2.45, 2.75) is 20.1 Å². The van der Waals surface area contributed by atoms with Crippen molar-refractivity contribution in [3.63, 3.8) is 0 Å². The predicted molar refractivity (Wildman–Crippen MR) is 84.5 cm³/mol. The fraction of sp³-hybridized carbons (Fsp3) is 0.222. The van der Waals surface area contributed by atoms with Crippen molar-refractivity contribution in [3.05, 3.63) is 65.6 Å². The lowest BCUT2D eigenvalue weighted by molar-refractivity contribution is 0.268. The van der Waals surface area contributed by atoms with Crippen LogP contribution in [0.5, 0.6) is 5.75 Å². The fourth-order valence-corrected chi connectivity index (χ4v) is 2.44. The average Bonchev–Trinajstić information content (AvgIpc) is 2.86. The fourth-order valence-electron chi connectivity index (χ4n) is 2.44. The summed E-state index contributed by atoms with van der Waals surface area (Å²) >= 11 is 0. The van der Waals surface area contributed by atoms with E-state index in [0.717, 1.165) is 23.8 Å². The Morgan fingerprint density at radius 3 is 2.67 bits per heavy atom. The van der Waals surface area contributed by atoms with Gasteiger partial charge in [0.05, 0.1) is 0 Å². The quantitative estimate of drug-likeness (QED) is 0.766. The first-order chi connectivity index (χ1) is 10.3. The molecule has 0 aliphatic heterocycles. The molecule has 1 N–H and O–H groups in total. The molecule has 0 saturated carbocycles. The summed E-state index contributed by atoms with van der Waals surface area (Å²) in [4.78, 5) is 0. The topological polar surface area (TPSA) is 34.4 Å². The SMILES string of the molecule is CNCc1cc(COc2ccc3ccccc3c2)oc1C. The van der Waals surface area contributed by atoms with E-state index in [2.05, 4.69) is 29.6 Å². The molecular formula is C18H19NO2. The van der Waals surface area contributed by atoms with Gasteiger partial charge in [-0.15, -0.1) is 0 Å². The van der Waals surface area contributed by atoms with Crippen molar-refractivity contribution in [2.24, 2.45) is 0 Å². The van der Waals surface area contributed by atoms with Crippen molar-refractivity contribution in [1.82, 2.24) is 5.32 Å². The zero-order chi connectivity index (χ0) is 14.7. The van der Waals surface area contributed by atoms with Gasteiger partial charge in [0.25, 0.3) is 0 Å². The van der Waals surface area contributed by atoms with Gasteiger partial charge in [0.1, 0.15) is 23.9 Å². The lowest BCUT2D eigenvalue weighted by Gasteiger charge is -2.05. The summed E-state index contributed by atoms with van der Waals surface area (Å²) in [6, 6.07) is 16.4. The summed E-state index contributed by atoms with van der Waals surface area (Å²) in [5, 5.41) is 5.53. The van der Waals surface area contributed by atoms with Gasteiger partial charge in [-0.2, -0.15) is 0 Å². The van der Waals surface area contributed by atoms with Crippen LogP contribution < -0.4 is 10.1 Å². The summed E-state index contributed by atoms with van der Waals surface area (Å²) in [5.74, 6) is 2.66. The van der Waals surface area contributed by atoms with Crippen LogP contribution in [-0.2, 0) is 13.2 Å². The van der Waals surface area contributed by atoms with Gasteiger partial charge in [0.2, 0.25) is 0 Å². The summed E-state index contributed by atoms with van der Waals surface area (Å²) in [6.07, 6.45) is 0. The normalized spacial score (nSPS) is 11.0. The van der Waals surface area contributed by atoms with Gasteiger partial charge >= 0.3 is 0 Å². The highest BCUT2D eigenvalue weighted by molar-refractivity contribution is 5.83. The molecule has 0 bridgehead atoms. The van der Waals surface area contributed by atoms with Crippen LogP contribution >= 0.6 is 0 Å². The first kappa shape index (κ1) is 13.7. The molecule has 3 rings (SSSR count). The second kappa shape index (κ2) is 6.02. The Morgan fingerprint density at radius 1 is 1.05 bits per heavy atom. The maximum atomic E-state index is 5.83. The van der Waals surface area contributed by atoms with Crippen LogP contribution in [0.1, 0.15) is 17.1 Å². The van der Waals surface area contributed by atoms with Crippen LogP contribution in [0.15, 0.2) is 52.9 Å². The van der Waals surface area contributed by atoms with Gasteiger partial charge < -0.3 is 14.5 Å². The monoisotopic (exact) mass is 281 g/mol. The van der Waals surface area contributed by atoms with Gasteiger partial charge in [-0.3, -0.25) is 0 Å². The second-order valence-electron chi connectivity index (χ2n) is 5.12. The Morgan fingerprint density at radius 2 is 1.86 bits per heavy atom. The average molecular weight is 281 g/mol. The standard InChI is InChI=1S/C18H19NO2/c1-13-16(11-19-2)10-18(21-13)12-20-17-8-7-14-5-3-4-6-15(14)9-17/h3-10,19H,11-12H2,1-2H3. The van der Waals surface area contributed by atoms with Gasteiger partial charge in [-0.25, -0.2) is 0 Å². The molecule has 0 aliphatic carbocycles. The number of rotatable bonds is 5. The minimum Gasteiger partial charge on any atom is -0.486 e. The summed E-state index contributed by atoms with van der Waals surface area (Å²) in [6.45, 7) is 3.24. The van der Waals surface area contributed by atoms with Crippen molar-refractivity contribution < 1.29 is 9.15 Å². The minimum atomic E-state index is 0.447. The largest absolute Gasteiger partial charge is 0.486 e. The lowest BCUT2D eigenvalue weighted by Crippen LogP contribution is -2.04. The third-order valence-electron chi connectivity index (χ3n) is 3.54. The van der Waals surface area contributed by atoms with Crippen molar-refractivity contribution in [2.75, 3.05) is 7.05 Å². The maximum Gasteiger partial charge on any atom is 0.146 e. The highest BCUT2D eigenvalue weighted by atomic mass is 16.5. The Labute approximate surface area is 124 Å². The predicted octanol–water partition coefficient (Wildman–Crippen LogP) is 4.04. The van der Waals surface area contributed by atoms with Crippen LogP contribution in [-0.4, -0.2) is 7.05 Å². The van der Waals surface area contributed by atoms with Crippen LogP contribution in [0.25, 0.3) is 10.8 Å². The molecule has 0 amide bonds. The molecule has 0 aliphatic rings. The molecule has 0 unspecified atom stereocenters. The number of aryl methyl sites for hydroxylation is 1. The summed E-state index contributed by atoms with van der Waals surface area (Å²) < 4.78 is 11.5. The van der Waals surface area contributed by atoms with Crippen LogP contribution in [0.2, 0.25) is 0 Å². The van der Waals surface area contributed by atoms with Crippen LogP contribution in [0, 0.1) is 6.92 Å². The first-order valence-corrected chi connectivity index (χ1v) is 7.10. The molecule has 0 fully saturated rings. The Kier molecular flexibility index (Phi) is 3.93. The van der Waals surface area contributed by atoms with E-state index in [4.69, 9.17) is 9.15 Å². The molecule has 3 aromatic rings. The van der Waals surface area contributed by atoms with Crippen LogP contribution in [0.4, 0.5) is 0 Å². The smallest absolute Gasteiger partial charge is 0.146 e. The third-order valence-corrected chi connectivity index (χ3v) is 3.54. The number of nitrogens with one attached hydrogen (secondary N) is 1. The zero-order valence-corrected chi connectivity index (χ0v) is 12.3. The molecule has 0 saturated heterocycles. The first-order valence-electron chi connectivity index (χ1n) is 7.10. The highest BCUT2D eigenvalue weighted by Gasteiger charge is 2.07. The van der Waals surface area contributed by atoms with E-state index in [0.29, 0.717) is 6.61 Å². The summed E-state index contributed by atoms with van der Waals surface area (Å²) in [7, 11) is 1.93. The third kappa shape index (κ3) is 3.09. The molecule has 21 heavy (non-hydrogen) atoms. The van der Waals surface area contributed by atoms with Crippen LogP contribution in [0.3, 0.4) is 0 Å². The molecule has 0 radical (unpaired) electrons. The van der Waals surface area contributed by atoms with E-state index in [1.165, 1.54) is 16.3 Å². The van der Waals surface area contributed by atoms with Gasteiger partial charge in [0, 0.05) is 12.1 Å². The summed E-state index contributed by atoms with van der Waals surface area (Å²) in [5.41, 5.74) is 1.18. The second-order valence-corrected chi connectivity index (χ2v) is 5.12. The Balaban J connectivity index is 1.72. The molecular weight excluding hydrogens is 262 g/mol. The number of benzene rings is 2. The molecule has 3 nitrogen and oxygen atoms in total. The number of hydrogen-bond acceptors (Lipinski definition) is 3. The number of fused-ring (bicyclic) bond motifs is 1. The number of ether oxygens (including phenoxy) is 1. The van der Waals surface area contributed by atoms with E-state index in [-0.39, 0.29) is 0 Å². The van der Waals surface area contributed by atoms with E-state index in [1.807, 2.05) is 38.2 Å². The van der Waals surface area contributed by atoms with Crippen molar-refractivity contribution >= 4 is 10.8 Å². The zero-order valence-electron chi connectivity index (χ0n) is 12.3. The molecule has 2 aromatic carbocycles. The molecule has 108 valence electrons. The molecule has 0 atom stereocenters. The molecule has 1 heterocycles. The lowest BCUT2D eigenvalue weighted by atomic mass is 10.1. The molecule has 1 aromatic heterocycles. The minimum absolute atomic E-state index is 0.447. The van der Waals surface area contributed by atoms with Crippen molar-refractivity contribution in [1.29, 1.82) is 0 Å². The van der Waals surface area contributed by atoms with Crippen molar-refractivity contribution in [3.8, 4) is 5.75 Å². The van der Waals surface area contributed by atoms with E-state index < -0.39 is 0 Å². The van der Waals surface area contributed by atoms with E-state index in [9.17, 15) is 0 Å². The molecule has 3 heteroatoms. The molecule has 0 spiro atoms. The Hall–Kier alpha value is -2.26. The Bertz CT molecular complexity index is 746. The van der Waals surface area contributed by atoms with E-state index >= 15 is 0 Å². The number of hydrogen-bond donors (Lipinski definition) is 1. The van der Waals surface area contributed by atoms with Gasteiger partial charge in [0.15, 0.2) is 0 Å². The maximum absolute atomic E-state index is 5.83.